The number of imide groups is 1. The number of amides is 4. The Morgan fingerprint density at radius 3 is 2.48 bits per heavy atom. The van der Waals surface area contributed by atoms with E-state index in [1.165, 1.54) is 22.3 Å². The summed E-state index contributed by atoms with van der Waals surface area (Å²) < 4.78 is 18.0. The van der Waals surface area contributed by atoms with Crippen molar-refractivity contribution in [3.05, 3.63) is 118 Å². The van der Waals surface area contributed by atoms with Crippen molar-refractivity contribution in [3.8, 4) is 11.1 Å². The maximum atomic E-state index is 16.0. The maximum Gasteiger partial charge on any atom is 0.255 e. The van der Waals surface area contributed by atoms with Gasteiger partial charge >= 0.3 is 0 Å². The van der Waals surface area contributed by atoms with Crippen molar-refractivity contribution >= 4 is 45.8 Å². The van der Waals surface area contributed by atoms with Crippen molar-refractivity contribution in [2.45, 2.75) is 76.2 Å². The van der Waals surface area contributed by atoms with Gasteiger partial charge in [-0.3, -0.25) is 39.6 Å². The van der Waals surface area contributed by atoms with Crippen molar-refractivity contribution in [2.75, 3.05) is 49.5 Å². The zero-order valence-corrected chi connectivity index (χ0v) is 34.7. The fourth-order valence-electron chi connectivity index (χ4n) is 10.1. The summed E-state index contributed by atoms with van der Waals surface area (Å²) in [5.41, 5.74) is 6.74. The second-order valence-electron chi connectivity index (χ2n) is 16.8. The minimum Gasteiger partial charge on any atom is -0.371 e. The molecule has 3 aromatic carbocycles. The average Bonchev–Trinajstić information content (AvgIpc) is 4.10. The number of benzene rings is 3. The largest absolute Gasteiger partial charge is 0.371 e. The molecule has 4 amide bonds. The molecule has 2 aromatic heterocycles. The van der Waals surface area contributed by atoms with E-state index in [0.29, 0.717) is 35.3 Å². The summed E-state index contributed by atoms with van der Waals surface area (Å²) in [5.74, 6) is -1.94. The number of fused-ring (bicyclic) bond motifs is 2. The zero-order chi connectivity index (χ0) is 41.6. The first-order valence-corrected chi connectivity index (χ1v) is 22.3. The number of carbonyl (C=O) groups is 4. The van der Waals surface area contributed by atoms with Gasteiger partial charge in [0.1, 0.15) is 5.82 Å². The van der Waals surface area contributed by atoms with Crippen LogP contribution in [0.1, 0.15) is 82.5 Å². The van der Waals surface area contributed by atoms with Crippen molar-refractivity contribution in [3.63, 3.8) is 0 Å². The lowest BCUT2D eigenvalue weighted by Crippen LogP contribution is -2.53. The predicted molar refractivity (Wildman–Crippen MR) is 229 cm³/mol. The normalized spacial score (nSPS) is 20.5. The molecule has 15 heteroatoms. The van der Waals surface area contributed by atoms with E-state index in [2.05, 4.69) is 53.5 Å². The lowest BCUT2D eigenvalue weighted by molar-refractivity contribution is -0.134. The van der Waals surface area contributed by atoms with E-state index in [0.717, 1.165) is 106 Å². The van der Waals surface area contributed by atoms with Gasteiger partial charge in [0, 0.05) is 98.9 Å². The Balaban J connectivity index is 0.761. The molecule has 7 heterocycles. The molecule has 5 aromatic rings. The zero-order valence-electron chi connectivity index (χ0n) is 33.9. The molecular formula is C46H48FN9O4S. The number of nitrogens with one attached hydrogen (secondary N) is 2. The highest BCUT2D eigenvalue weighted by Crippen LogP contribution is 2.38. The maximum absolute atomic E-state index is 16.0. The molecule has 0 aliphatic carbocycles. The van der Waals surface area contributed by atoms with Gasteiger partial charge in [-0.15, -0.1) is 11.3 Å². The van der Waals surface area contributed by atoms with E-state index in [4.69, 9.17) is 0 Å². The molecule has 3 fully saturated rings. The molecule has 5 aliphatic rings. The minimum absolute atomic E-state index is 0.0336. The number of aryl methyl sites for hydroxylation is 1. The Morgan fingerprint density at radius 1 is 0.902 bits per heavy atom. The predicted octanol–water partition coefficient (Wildman–Crippen LogP) is 5.73. The van der Waals surface area contributed by atoms with Crippen LogP contribution >= 0.6 is 11.3 Å². The van der Waals surface area contributed by atoms with Crippen LogP contribution < -0.4 is 15.5 Å². The standard InChI is InChI=1S/C46H48FN9O4S/c47-38-25-31(24-36-37(38)27-56(45(36)60)42(44(59)51-46-48-15-23-61-46)41-39-6-3-16-55(39)28-49-41)29-7-9-32(10-8-29)53-17-13-33(14-18-53)54-21-19-52(20-22-54)26-30-4-1-2-5-34(30)35-11-12-40(57)50-43(35)58/h1-2,4-5,7-10,15,23-25,28,33,35,42H,3,6,11-14,16-22,26-27H2,(H,48,51,59)(H,50,57,58). The summed E-state index contributed by atoms with van der Waals surface area (Å²) in [7, 11) is 0. The number of thiazole rings is 1. The van der Waals surface area contributed by atoms with Crippen LogP contribution in [-0.4, -0.2) is 98.2 Å². The van der Waals surface area contributed by atoms with Crippen LogP contribution in [0.15, 0.2) is 78.6 Å². The van der Waals surface area contributed by atoms with Crippen molar-refractivity contribution < 1.29 is 23.6 Å². The first-order valence-electron chi connectivity index (χ1n) is 21.4. The van der Waals surface area contributed by atoms with Gasteiger partial charge < -0.3 is 14.4 Å². The molecule has 314 valence electrons. The Morgan fingerprint density at radius 2 is 1.70 bits per heavy atom. The molecule has 13 nitrogen and oxygen atoms in total. The smallest absolute Gasteiger partial charge is 0.255 e. The van der Waals surface area contributed by atoms with Gasteiger partial charge in [-0.1, -0.05) is 36.4 Å². The van der Waals surface area contributed by atoms with Gasteiger partial charge in [0.05, 0.1) is 24.5 Å². The topological polar surface area (TPSA) is 136 Å². The molecule has 5 aliphatic heterocycles. The number of aromatic nitrogens is 3. The SMILES string of the molecule is O=C1CCC(c2ccccc2CN2CCN(C3CCN(c4ccc(-c5cc(F)c6c(c5)C(=O)N(C(C(=O)Nc5nccs5)c5ncn7c5CCC7)C6)cc4)CC3)CC2)C(=O)N1. The highest BCUT2D eigenvalue weighted by atomic mass is 32.1. The monoisotopic (exact) mass is 841 g/mol. The minimum atomic E-state index is -1.03. The second-order valence-corrected chi connectivity index (χ2v) is 17.7. The Bertz CT molecular complexity index is 2470. The summed E-state index contributed by atoms with van der Waals surface area (Å²) in [6.07, 6.45) is 8.09. The van der Waals surface area contributed by atoms with Crippen LogP contribution in [-0.2, 0) is 40.4 Å². The van der Waals surface area contributed by atoms with Crippen LogP contribution in [0.25, 0.3) is 11.1 Å². The quantitative estimate of drug-likeness (QED) is 0.169. The number of piperidine rings is 2. The first-order chi connectivity index (χ1) is 29.8. The van der Waals surface area contributed by atoms with Gasteiger partial charge in [-0.25, -0.2) is 14.4 Å². The van der Waals surface area contributed by atoms with Gasteiger partial charge in [0.15, 0.2) is 11.2 Å². The van der Waals surface area contributed by atoms with Crippen LogP contribution in [0.4, 0.5) is 15.2 Å². The van der Waals surface area contributed by atoms with E-state index < -0.39 is 23.7 Å². The summed E-state index contributed by atoms with van der Waals surface area (Å²) in [6.45, 7) is 7.39. The molecule has 0 bridgehead atoms. The summed E-state index contributed by atoms with van der Waals surface area (Å²) >= 11 is 1.29. The van der Waals surface area contributed by atoms with Crippen LogP contribution in [0.2, 0.25) is 0 Å². The molecular weight excluding hydrogens is 794 g/mol. The molecule has 0 saturated carbocycles. The molecule has 3 saturated heterocycles. The molecule has 0 spiro atoms. The summed E-state index contributed by atoms with van der Waals surface area (Å²) in [4.78, 5) is 70.2. The molecule has 61 heavy (non-hydrogen) atoms. The molecule has 10 rings (SSSR count). The van der Waals surface area contributed by atoms with Crippen LogP contribution in [0.5, 0.6) is 0 Å². The van der Waals surface area contributed by atoms with E-state index >= 15 is 4.39 Å². The molecule has 0 radical (unpaired) electrons. The summed E-state index contributed by atoms with van der Waals surface area (Å²) in [6, 6.07) is 19.1. The van der Waals surface area contributed by atoms with Crippen molar-refractivity contribution in [1.82, 2.24) is 34.6 Å². The average molecular weight is 842 g/mol. The summed E-state index contributed by atoms with van der Waals surface area (Å²) in [5, 5.41) is 7.57. The third-order valence-corrected chi connectivity index (χ3v) is 14.0. The van der Waals surface area contributed by atoms with Crippen LogP contribution in [0.3, 0.4) is 0 Å². The fraction of sp³-hybridized carbons (Fsp3) is 0.391. The van der Waals surface area contributed by atoms with Gasteiger partial charge in [0.25, 0.3) is 11.8 Å². The van der Waals surface area contributed by atoms with Gasteiger partial charge in [-0.2, -0.15) is 0 Å². The third-order valence-electron chi connectivity index (χ3n) is 13.3. The molecule has 2 unspecified atom stereocenters. The fourth-order valence-corrected chi connectivity index (χ4v) is 10.6. The first kappa shape index (κ1) is 39.4. The Labute approximate surface area is 357 Å². The van der Waals surface area contributed by atoms with E-state index in [-0.39, 0.29) is 35.4 Å². The number of rotatable bonds is 10. The van der Waals surface area contributed by atoms with Crippen LogP contribution in [0, 0.1) is 5.82 Å². The lowest BCUT2D eigenvalue weighted by Gasteiger charge is -2.43. The number of hydrogen-bond donors (Lipinski definition) is 2. The molecule has 2 N–H and O–H groups in total. The highest BCUT2D eigenvalue weighted by molar-refractivity contribution is 7.13. The van der Waals surface area contributed by atoms with Crippen molar-refractivity contribution in [2.24, 2.45) is 0 Å². The molecule has 2 atom stereocenters. The number of nitrogens with zero attached hydrogens (tertiary/aromatic N) is 7. The highest BCUT2D eigenvalue weighted by Gasteiger charge is 2.42. The Hall–Kier alpha value is -5.77. The number of anilines is 2. The number of piperazine rings is 1. The van der Waals surface area contributed by atoms with E-state index in [9.17, 15) is 19.2 Å². The van der Waals surface area contributed by atoms with E-state index in [1.807, 2.05) is 34.9 Å². The number of carbonyl (C=O) groups excluding carboxylic acids is 4. The lowest BCUT2D eigenvalue weighted by atomic mass is 9.87. The Kier molecular flexibility index (Phi) is 10.7. The van der Waals surface area contributed by atoms with Crippen molar-refractivity contribution in [1.29, 1.82) is 0 Å². The van der Waals surface area contributed by atoms with Gasteiger partial charge in [-0.05, 0) is 78.6 Å². The second kappa shape index (κ2) is 16.6. The number of halogens is 1. The van der Waals surface area contributed by atoms with E-state index in [1.54, 1.807) is 24.0 Å². The van der Waals surface area contributed by atoms with Gasteiger partial charge in [0.2, 0.25) is 11.8 Å². The number of hydrogen-bond acceptors (Lipinski definition) is 10. The third kappa shape index (κ3) is 7.74. The number of imidazole rings is 1.